The number of nitrogens with two attached hydrogens (primary N) is 1. The summed E-state index contributed by atoms with van der Waals surface area (Å²) >= 11 is 5.53. The lowest BCUT2D eigenvalue weighted by Crippen LogP contribution is -2.35. The van der Waals surface area contributed by atoms with E-state index in [4.69, 9.17) is 17.3 Å². The summed E-state index contributed by atoms with van der Waals surface area (Å²) in [7, 11) is -3.55. The van der Waals surface area contributed by atoms with Gasteiger partial charge >= 0.3 is 0 Å². The van der Waals surface area contributed by atoms with Gasteiger partial charge in [-0.1, -0.05) is 11.6 Å². The molecular formula is C10H13ClFNO2S. The van der Waals surface area contributed by atoms with Gasteiger partial charge in [-0.15, -0.1) is 0 Å². The van der Waals surface area contributed by atoms with E-state index in [9.17, 15) is 12.8 Å². The molecule has 6 heteroatoms. The number of benzene rings is 1. The predicted molar refractivity (Wildman–Crippen MR) is 61.7 cm³/mol. The average molecular weight is 266 g/mol. The summed E-state index contributed by atoms with van der Waals surface area (Å²) in [5.74, 6) is -0.644. The van der Waals surface area contributed by atoms with Crippen LogP contribution in [0.2, 0.25) is 5.02 Å². The summed E-state index contributed by atoms with van der Waals surface area (Å²) in [6, 6.07) is 2.82. The van der Waals surface area contributed by atoms with Crippen molar-refractivity contribution >= 4 is 21.4 Å². The summed E-state index contributed by atoms with van der Waals surface area (Å²) < 4.78 is 36.8. The molecule has 3 nitrogen and oxygen atoms in total. The largest absolute Gasteiger partial charge is 0.327 e. The second-order valence-corrected chi connectivity index (χ2v) is 6.40. The van der Waals surface area contributed by atoms with Crippen molar-refractivity contribution in [3.63, 3.8) is 0 Å². The van der Waals surface area contributed by atoms with E-state index >= 15 is 0 Å². The summed E-state index contributed by atoms with van der Waals surface area (Å²) in [6.07, 6.45) is 0. The zero-order chi connectivity index (χ0) is 12.5. The monoisotopic (exact) mass is 265 g/mol. The van der Waals surface area contributed by atoms with Crippen molar-refractivity contribution in [1.29, 1.82) is 0 Å². The van der Waals surface area contributed by atoms with Gasteiger partial charge in [0.1, 0.15) is 5.82 Å². The molecule has 0 aliphatic carbocycles. The van der Waals surface area contributed by atoms with Crippen LogP contribution >= 0.6 is 11.6 Å². The lowest BCUT2D eigenvalue weighted by atomic mass is 10.3. The number of hydrogen-bond acceptors (Lipinski definition) is 3. The summed E-state index contributed by atoms with van der Waals surface area (Å²) in [5, 5.41) is -0.952. The highest BCUT2D eigenvalue weighted by molar-refractivity contribution is 7.92. The normalized spacial score (nSPS) is 15.8. The van der Waals surface area contributed by atoms with E-state index < -0.39 is 26.9 Å². The van der Waals surface area contributed by atoms with Gasteiger partial charge in [-0.2, -0.15) is 0 Å². The van der Waals surface area contributed by atoms with E-state index in [1.165, 1.54) is 13.0 Å². The molecule has 0 heterocycles. The molecule has 0 radical (unpaired) electrons. The second-order valence-electron chi connectivity index (χ2n) is 3.69. The van der Waals surface area contributed by atoms with Crippen LogP contribution in [0.25, 0.3) is 0 Å². The van der Waals surface area contributed by atoms with Crippen LogP contribution in [0.3, 0.4) is 0 Å². The standard InChI is InChI=1S/C10H13ClFNO2S/c1-6(13)7(2)16(14,15)8-3-4-10(12)9(11)5-8/h3-7H,13H2,1-2H3. The van der Waals surface area contributed by atoms with Gasteiger partial charge < -0.3 is 5.73 Å². The van der Waals surface area contributed by atoms with E-state index in [2.05, 4.69) is 0 Å². The molecule has 0 spiro atoms. The Hall–Kier alpha value is -0.650. The molecule has 0 aromatic heterocycles. The van der Waals surface area contributed by atoms with Gasteiger partial charge in [0.2, 0.25) is 0 Å². The quantitative estimate of drug-likeness (QED) is 0.851. The molecule has 16 heavy (non-hydrogen) atoms. The van der Waals surface area contributed by atoms with Crippen molar-refractivity contribution < 1.29 is 12.8 Å². The third kappa shape index (κ3) is 2.53. The van der Waals surface area contributed by atoms with Gasteiger partial charge in [-0.3, -0.25) is 0 Å². The van der Waals surface area contributed by atoms with E-state index in [-0.39, 0.29) is 9.92 Å². The molecule has 0 saturated carbocycles. The predicted octanol–water partition coefficient (Wildman–Crippen LogP) is 1.99. The minimum Gasteiger partial charge on any atom is -0.327 e. The zero-order valence-electron chi connectivity index (χ0n) is 8.94. The van der Waals surface area contributed by atoms with Crippen molar-refractivity contribution in [2.45, 2.75) is 30.0 Å². The minimum atomic E-state index is -3.55. The van der Waals surface area contributed by atoms with Crippen LogP contribution in [0.4, 0.5) is 4.39 Å². The molecule has 0 saturated heterocycles. The Kier molecular flexibility index (Phi) is 3.93. The van der Waals surface area contributed by atoms with Crippen LogP contribution in [0.15, 0.2) is 23.1 Å². The number of hydrogen-bond donors (Lipinski definition) is 1. The number of rotatable bonds is 3. The summed E-state index contributed by atoms with van der Waals surface area (Å²) in [6.45, 7) is 3.12. The van der Waals surface area contributed by atoms with Crippen molar-refractivity contribution in [3.8, 4) is 0 Å². The number of halogens is 2. The third-order valence-electron chi connectivity index (χ3n) is 2.45. The van der Waals surface area contributed by atoms with Gasteiger partial charge in [-0.05, 0) is 32.0 Å². The van der Waals surface area contributed by atoms with E-state index in [1.807, 2.05) is 0 Å². The third-order valence-corrected chi connectivity index (χ3v) is 5.06. The maximum Gasteiger partial charge on any atom is 0.182 e. The molecule has 0 bridgehead atoms. The molecule has 2 atom stereocenters. The maximum atomic E-state index is 12.9. The molecule has 0 amide bonds. The first-order valence-electron chi connectivity index (χ1n) is 4.71. The first-order chi connectivity index (χ1) is 7.26. The highest BCUT2D eigenvalue weighted by Crippen LogP contribution is 2.23. The Morgan fingerprint density at radius 1 is 1.38 bits per heavy atom. The van der Waals surface area contributed by atoms with Gasteiger partial charge in [0.25, 0.3) is 0 Å². The fourth-order valence-corrected chi connectivity index (χ4v) is 2.93. The molecule has 2 N–H and O–H groups in total. The maximum absolute atomic E-state index is 12.9. The number of sulfone groups is 1. The van der Waals surface area contributed by atoms with Crippen LogP contribution < -0.4 is 5.73 Å². The fourth-order valence-electron chi connectivity index (χ4n) is 1.15. The molecule has 1 rings (SSSR count). The summed E-state index contributed by atoms with van der Waals surface area (Å²) in [5.41, 5.74) is 5.54. The second kappa shape index (κ2) is 4.69. The van der Waals surface area contributed by atoms with Crippen molar-refractivity contribution in [1.82, 2.24) is 0 Å². The van der Waals surface area contributed by atoms with Gasteiger partial charge in [0, 0.05) is 6.04 Å². The van der Waals surface area contributed by atoms with Crippen molar-refractivity contribution in [2.24, 2.45) is 5.73 Å². The highest BCUT2D eigenvalue weighted by Gasteiger charge is 2.26. The Bertz CT molecular complexity index is 488. The highest BCUT2D eigenvalue weighted by atomic mass is 35.5. The molecule has 1 aromatic carbocycles. The van der Waals surface area contributed by atoms with Crippen molar-refractivity contribution in [3.05, 3.63) is 29.0 Å². The smallest absolute Gasteiger partial charge is 0.182 e. The van der Waals surface area contributed by atoms with Crippen LogP contribution in [-0.2, 0) is 9.84 Å². The lowest BCUT2D eigenvalue weighted by molar-refractivity contribution is 0.567. The topological polar surface area (TPSA) is 60.2 Å². The van der Waals surface area contributed by atoms with E-state index in [1.54, 1.807) is 6.92 Å². The van der Waals surface area contributed by atoms with Gasteiger partial charge in [0.15, 0.2) is 9.84 Å². The SMILES string of the molecule is CC(N)C(C)S(=O)(=O)c1ccc(F)c(Cl)c1. The van der Waals surface area contributed by atoms with E-state index in [0.717, 1.165) is 12.1 Å². The zero-order valence-corrected chi connectivity index (χ0v) is 10.5. The Labute approximate surface area is 99.3 Å². The Balaban J connectivity index is 3.23. The van der Waals surface area contributed by atoms with Crippen LogP contribution in [0, 0.1) is 5.82 Å². The van der Waals surface area contributed by atoms with Crippen LogP contribution in [0.5, 0.6) is 0 Å². The molecular weight excluding hydrogens is 253 g/mol. The van der Waals surface area contributed by atoms with Crippen LogP contribution in [0.1, 0.15) is 13.8 Å². The minimum absolute atomic E-state index is 0.0105. The lowest BCUT2D eigenvalue weighted by Gasteiger charge is -2.16. The molecule has 0 aliphatic rings. The molecule has 1 aromatic rings. The van der Waals surface area contributed by atoms with Crippen molar-refractivity contribution in [2.75, 3.05) is 0 Å². The Morgan fingerprint density at radius 2 is 1.94 bits per heavy atom. The van der Waals surface area contributed by atoms with Crippen LogP contribution in [-0.4, -0.2) is 19.7 Å². The van der Waals surface area contributed by atoms with Gasteiger partial charge in [0.05, 0.1) is 15.2 Å². The molecule has 2 unspecified atom stereocenters. The average Bonchev–Trinajstić information content (AvgIpc) is 2.20. The molecule has 90 valence electrons. The van der Waals surface area contributed by atoms with E-state index in [0.29, 0.717) is 0 Å². The first kappa shape index (κ1) is 13.4. The van der Waals surface area contributed by atoms with Gasteiger partial charge in [-0.25, -0.2) is 12.8 Å². The molecule has 0 fully saturated rings. The molecule has 0 aliphatic heterocycles. The fraction of sp³-hybridized carbons (Fsp3) is 0.400. The Morgan fingerprint density at radius 3 is 2.38 bits per heavy atom. The first-order valence-corrected chi connectivity index (χ1v) is 6.63. The summed E-state index contributed by atoms with van der Waals surface area (Å²) in [4.78, 5) is -0.0105.